The average Bonchev–Trinajstić information content (AvgIpc) is 1.82. The van der Waals surface area contributed by atoms with E-state index in [4.69, 9.17) is 0 Å². The van der Waals surface area contributed by atoms with Crippen LogP contribution >= 0.6 is 0 Å². The molecule has 0 amide bonds. The molecule has 2 atom stereocenters. The normalized spacial score (nSPS) is 43.8. The van der Waals surface area contributed by atoms with E-state index >= 15 is 0 Å². The van der Waals surface area contributed by atoms with Crippen molar-refractivity contribution < 1.29 is 8.78 Å². The maximum absolute atomic E-state index is 12.8. The molecule has 0 bridgehead atoms. The molecule has 1 saturated carbocycles. The summed E-state index contributed by atoms with van der Waals surface area (Å²) in [4.78, 5) is 0. The highest BCUT2D eigenvalue weighted by Gasteiger charge is 2.33. The van der Waals surface area contributed by atoms with Crippen molar-refractivity contribution in [3.63, 3.8) is 0 Å². The minimum atomic E-state index is -1.00. The molecule has 0 aliphatic heterocycles. The summed E-state index contributed by atoms with van der Waals surface area (Å²) >= 11 is 0. The lowest BCUT2D eigenvalue weighted by molar-refractivity contribution is 0.153. The smallest absolute Gasteiger partial charge is 0.109 e. The summed E-state index contributed by atoms with van der Waals surface area (Å²) in [6, 6.07) is 0. The lowest BCUT2D eigenvalue weighted by Crippen LogP contribution is -2.30. The molecule has 10 heavy (non-hydrogen) atoms. The van der Waals surface area contributed by atoms with Crippen LogP contribution in [-0.2, 0) is 0 Å². The Morgan fingerprint density at radius 1 is 1.20 bits per heavy atom. The highest BCUT2D eigenvalue weighted by atomic mass is 19.1. The Hall–Kier alpha value is -0.140. The summed E-state index contributed by atoms with van der Waals surface area (Å²) in [7, 11) is 0. The lowest BCUT2D eigenvalue weighted by Gasteiger charge is -2.29. The van der Waals surface area contributed by atoms with Crippen LogP contribution in [0.4, 0.5) is 8.78 Å². The number of hydrogen-bond donors (Lipinski definition) is 0. The molecular weight excluding hydrogens is 134 g/mol. The predicted octanol–water partition coefficient (Wildman–Crippen LogP) is 2.69. The van der Waals surface area contributed by atoms with Crippen molar-refractivity contribution in [2.24, 2.45) is 5.92 Å². The fraction of sp³-hybridized carbons (Fsp3) is 0.875. The van der Waals surface area contributed by atoms with E-state index in [1.165, 1.54) is 0 Å². The van der Waals surface area contributed by atoms with E-state index in [1.807, 2.05) is 6.92 Å². The van der Waals surface area contributed by atoms with Gasteiger partial charge in [-0.3, -0.25) is 0 Å². The van der Waals surface area contributed by atoms with Crippen molar-refractivity contribution in [2.45, 2.75) is 39.0 Å². The standard InChI is InChI=1S/C8H13F2/c1-5-3-7(9)6(2)8(10)4-5/h5,7-8H,3-4H2,1-2H3. The first-order valence-electron chi connectivity index (χ1n) is 3.72. The molecule has 0 saturated heterocycles. The summed E-state index contributed by atoms with van der Waals surface area (Å²) in [6.45, 7) is 3.47. The van der Waals surface area contributed by atoms with E-state index in [-0.39, 0.29) is 5.92 Å². The zero-order valence-electron chi connectivity index (χ0n) is 6.40. The van der Waals surface area contributed by atoms with Gasteiger partial charge in [-0.05, 0) is 18.8 Å². The van der Waals surface area contributed by atoms with Gasteiger partial charge in [-0.25, -0.2) is 8.78 Å². The van der Waals surface area contributed by atoms with Crippen molar-refractivity contribution in [3.05, 3.63) is 5.92 Å². The number of alkyl halides is 2. The van der Waals surface area contributed by atoms with Crippen LogP contribution in [-0.4, -0.2) is 12.3 Å². The van der Waals surface area contributed by atoms with Crippen molar-refractivity contribution in [3.8, 4) is 0 Å². The van der Waals surface area contributed by atoms with Gasteiger partial charge in [0.05, 0.1) is 0 Å². The van der Waals surface area contributed by atoms with Crippen LogP contribution < -0.4 is 0 Å². The Balaban J connectivity index is 2.49. The van der Waals surface area contributed by atoms with Crippen LogP contribution in [0.25, 0.3) is 0 Å². The van der Waals surface area contributed by atoms with Gasteiger partial charge in [0.2, 0.25) is 0 Å². The van der Waals surface area contributed by atoms with E-state index in [0.717, 1.165) is 0 Å². The van der Waals surface area contributed by atoms with E-state index < -0.39 is 12.3 Å². The average molecular weight is 147 g/mol. The Bertz CT molecular complexity index is 102. The minimum Gasteiger partial charge on any atom is -0.247 e. The van der Waals surface area contributed by atoms with Crippen LogP contribution in [0.5, 0.6) is 0 Å². The summed E-state index contributed by atoms with van der Waals surface area (Å²) < 4.78 is 25.6. The highest BCUT2D eigenvalue weighted by molar-refractivity contribution is 5.04. The van der Waals surface area contributed by atoms with Crippen molar-refractivity contribution in [2.75, 3.05) is 0 Å². The SMILES string of the molecule is C[C]1C(F)CC(C)CC1F. The second-order valence-corrected chi connectivity index (χ2v) is 3.26. The molecular formula is C8H13F2. The summed E-state index contributed by atoms with van der Waals surface area (Å²) in [5.41, 5.74) is 0. The Morgan fingerprint density at radius 2 is 1.60 bits per heavy atom. The van der Waals surface area contributed by atoms with Crippen molar-refractivity contribution in [1.29, 1.82) is 0 Å². The molecule has 0 N–H and O–H groups in total. The quantitative estimate of drug-likeness (QED) is 0.494. The van der Waals surface area contributed by atoms with Gasteiger partial charge < -0.3 is 0 Å². The molecule has 0 nitrogen and oxygen atoms in total. The summed E-state index contributed by atoms with van der Waals surface area (Å²) in [5, 5.41) is 0. The Labute approximate surface area is 60.6 Å². The van der Waals surface area contributed by atoms with Crippen LogP contribution in [0.1, 0.15) is 26.7 Å². The topological polar surface area (TPSA) is 0 Å². The summed E-state index contributed by atoms with van der Waals surface area (Å²) in [6.07, 6.45) is -0.990. The van der Waals surface area contributed by atoms with Gasteiger partial charge in [0, 0.05) is 5.92 Å². The number of rotatable bonds is 0. The van der Waals surface area contributed by atoms with Crippen LogP contribution in [0.2, 0.25) is 0 Å². The van der Waals surface area contributed by atoms with Crippen LogP contribution in [0, 0.1) is 11.8 Å². The van der Waals surface area contributed by atoms with Crippen LogP contribution in [0.3, 0.4) is 0 Å². The molecule has 1 aliphatic rings. The molecule has 0 spiro atoms. The first-order valence-corrected chi connectivity index (χ1v) is 3.72. The molecule has 0 heterocycles. The molecule has 59 valence electrons. The van der Waals surface area contributed by atoms with Gasteiger partial charge in [-0.1, -0.05) is 13.8 Å². The van der Waals surface area contributed by atoms with Crippen molar-refractivity contribution in [1.82, 2.24) is 0 Å². The first-order chi connectivity index (χ1) is 4.61. The van der Waals surface area contributed by atoms with Gasteiger partial charge >= 0.3 is 0 Å². The number of halogens is 2. The predicted molar refractivity (Wildman–Crippen MR) is 37.1 cm³/mol. The fourth-order valence-electron chi connectivity index (χ4n) is 1.37. The molecule has 0 aromatic rings. The van der Waals surface area contributed by atoms with Gasteiger partial charge in [0.25, 0.3) is 0 Å². The molecule has 2 heteroatoms. The molecule has 0 aromatic carbocycles. The second-order valence-electron chi connectivity index (χ2n) is 3.26. The second kappa shape index (κ2) is 2.85. The molecule has 0 aromatic heterocycles. The van der Waals surface area contributed by atoms with Gasteiger partial charge in [0.1, 0.15) is 12.3 Å². The molecule has 1 aliphatic carbocycles. The molecule has 1 radical (unpaired) electrons. The Kier molecular flexibility index (Phi) is 2.27. The zero-order chi connectivity index (χ0) is 7.72. The van der Waals surface area contributed by atoms with Gasteiger partial charge in [-0.15, -0.1) is 0 Å². The first kappa shape index (κ1) is 7.96. The third kappa shape index (κ3) is 1.47. The van der Waals surface area contributed by atoms with E-state index in [1.54, 1.807) is 6.92 Å². The fourth-order valence-corrected chi connectivity index (χ4v) is 1.37. The van der Waals surface area contributed by atoms with Crippen molar-refractivity contribution >= 4 is 0 Å². The van der Waals surface area contributed by atoms with E-state index in [2.05, 4.69) is 0 Å². The Morgan fingerprint density at radius 3 is 2.00 bits per heavy atom. The van der Waals surface area contributed by atoms with Gasteiger partial charge in [0.15, 0.2) is 0 Å². The third-order valence-electron chi connectivity index (χ3n) is 2.21. The van der Waals surface area contributed by atoms with E-state index in [9.17, 15) is 8.78 Å². The third-order valence-corrected chi connectivity index (χ3v) is 2.21. The molecule has 2 unspecified atom stereocenters. The zero-order valence-corrected chi connectivity index (χ0v) is 6.40. The minimum absolute atomic E-state index is 0.202. The number of hydrogen-bond acceptors (Lipinski definition) is 0. The monoisotopic (exact) mass is 147 g/mol. The molecule has 1 rings (SSSR count). The van der Waals surface area contributed by atoms with Crippen LogP contribution in [0.15, 0.2) is 0 Å². The summed E-state index contributed by atoms with van der Waals surface area (Å²) in [5.74, 6) is 0.590. The maximum Gasteiger partial charge on any atom is 0.109 e. The lowest BCUT2D eigenvalue weighted by atomic mass is 9.81. The highest BCUT2D eigenvalue weighted by Crippen LogP contribution is 2.34. The maximum atomic E-state index is 12.8. The van der Waals surface area contributed by atoms with E-state index in [0.29, 0.717) is 18.8 Å². The largest absolute Gasteiger partial charge is 0.247 e. The molecule has 1 fully saturated rings. The van der Waals surface area contributed by atoms with Gasteiger partial charge in [-0.2, -0.15) is 0 Å².